The number of hydrogen-bond acceptors (Lipinski definition) is 4. The summed E-state index contributed by atoms with van der Waals surface area (Å²) in [4.78, 5) is 4.04. The molecule has 16 heavy (non-hydrogen) atoms. The molecular formula is C12H11N3O. The zero-order valence-electron chi connectivity index (χ0n) is 8.87. The maximum Gasteiger partial charge on any atom is 0.174 e. The Kier molecular flexibility index (Phi) is 3.23. The molecule has 0 aliphatic heterocycles. The highest BCUT2D eigenvalue weighted by Crippen LogP contribution is 2.19. The second kappa shape index (κ2) is 5.02. The minimum absolute atomic E-state index is 0.596. The van der Waals surface area contributed by atoms with E-state index in [1.54, 1.807) is 19.4 Å². The van der Waals surface area contributed by atoms with E-state index in [1.807, 2.05) is 36.4 Å². The van der Waals surface area contributed by atoms with Gasteiger partial charge < -0.3 is 4.74 Å². The highest BCUT2D eigenvalue weighted by atomic mass is 16.5. The van der Waals surface area contributed by atoms with Crippen LogP contribution in [0.4, 0.5) is 11.5 Å². The van der Waals surface area contributed by atoms with Crippen LogP contribution in [0.1, 0.15) is 0 Å². The fourth-order valence-corrected chi connectivity index (χ4v) is 1.17. The standard InChI is InChI=1S/C12H11N3O/c1-16-11-7-5-10(6-8-11)14-15-12-4-2-3-9-13-12/h2-9H,1H3. The Balaban J connectivity index is 2.12. The zero-order valence-corrected chi connectivity index (χ0v) is 8.87. The van der Waals surface area contributed by atoms with Crippen molar-refractivity contribution in [2.24, 2.45) is 10.2 Å². The van der Waals surface area contributed by atoms with Crippen LogP contribution in [0, 0.1) is 0 Å². The fourth-order valence-electron chi connectivity index (χ4n) is 1.17. The SMILES string of the molecule is COc1ccc(N=Nc2ccccn2)cc1. The minimum atomic E-state index is 0.596. The first-order valence-electron chi connectivity index (χ1n) is 4.85. The van der Waals surface area contributed by atoms with Gasteiger partial charge in [-0.25, -0.2) is 4.98 Å². The number of azo groups is 1. The fraction of sp³-hybridized carbons (Fsp3) is 0.0833. The van der Waals surface area contributed by atoms with E-state index in [2.05, 4.69) is 15.2 Å². The van der Waals surface area contributed by atoms with E-state index in [0.717, 1.165) is 11.4 Å². The Morgan fingerprint density at radius 2 is 1.81 bits per heavy atom. The van der Waals surface area contributed by atoms with Crippen molar-refractivity contribution in [1.82, 2.24) is 4.98 Å². The van der Waals surface area contributed by atoms with Gasteiger partial charge in [-0.1, -0.05) is 6.07 Å². The third-order valence-corrected chi connectivity index (χ3v) is 1.99. The number of nitrogens with zero attached hydrogens (tertiary/aromatic N) is 3. The first-order chi connectivity index (χ1) is 7.88. The van der Waals surface area contributed by atoms with Crippen LogP contribution in [-0.2, 0) is 0 Å². The Morgan fingerprint density at radius 1 is 1.00 bits per heavy atom. The topological polar surface area (TPSA) is 46.8 Å². The average molecular weight is 213 g/mol. The van der Waals surface area contributed by atoms with Gasteiger partial charge in [-0.3, -0.25) is 0 Å². The number of benzene rings is 1. The highest BCUT2D eigenvalue weighted by Gasteiger charge is 1.92. The van der Waals surface area contributed by atoms with Gasteiger partial charge in [-0.05, 0) is 36.4 Å². The van der Waals surface area contributed by atoms with E-state index in [0.29, 0.717) is 5.82 Å². The van der Waals surface area contributed by atoms with Crippen molar-refractivity contribution >= 4 is 11.5 Å². The first-order valence-corrected chi connectivity index (χ1v) is 4.85. The molecule has 80 valence electrons. The molecule has 0 spiro atoms. The molecule has 4 nitrogen and oxygen atoms in total. The minimum Gasteiger partial charge on any atom is -0.497 e. The normalized spacial score (nSPS) is 10.6. The van der Waals surface area contributed by atoms with Crippen LogP contribution in [0.25, 0.3) is 0 Å². The molecular weight excluding hydrogens is 202 g/mol. The van der Waals surface area contributed by atoms with Crippen LogP contribution in [-0.4, -0.2) is 12.1 Å². The van der Waals surface area contributed by atoms with Gasteiger partial charge >= 0.3 is 0 Å². The Labute approximate surface area is 93.6 Å². The molecule has 2 aromatic rings. The number of rotatable bonds is 3. The molecule has 0 saturated carbocycles. The Morgan fingerprint density at radius 3 is 2.44 bits per heavy atom. The van der Waals surface area contributed by atoms with E-state index in [9.17, 15) is 0 Å². The van der Waals surface area contributed by atoms with Gasteiger partial charge in [0.25, 0.3) is 0 Å². The summed E-state index contributed by atoms with van der Waals surface area (Å²) in [5.41, 5.74) is 0.770. The summed E-state index contributed by atoms with van der Waals surface area (Å²) in [7, 11) is 1.63. The largest absolute Gasteiger partial charge is 0.497 e. The van der Waals surface area contributed by atoms with Crippen molar-refractivity contribution < 1.29 is 4.74 Å². The van der Waals surface area contributed by atoms with Crippen molar-refractivity contribution in [3.05, 3.63) is 48.7 Å². The summed E-state index contributed by atoms with van der Waals surface area (Å²) < 4.78 is 5.05. The van der Waals surface area contributed by atoms with Gasteiger partial charge in [-0.2, -0.15) is 0 Å². The van der Waals surface area contributed by atoms with Gasteiger partial charge in [0.05, 0.1) is 12.8 Å². The van der Waals surface area contributed by atoms with Crippen molar-refractivity contribution in [3.63, 3.8) is 0 Å². The Hall–Kier alpha value is -2.23. The smallest absolute Gasteiger partial charge is 0.174 e. The molecule has 1 heterocycles. The third-order valence-electron chi connectivity index (χ3n) is 1.99. The summed E-state index contributed by atoms with van der Waals surface area (Å²) in [5.74, 6) is 1.40. The molecule has 0 bridgehead atoms. The van der Waals surface area contributed by atoms with Gasteiger partial charge in [0.15, 0.2) is 5.82 Å². The summed E-state index contributed by atoms with van der Waals surface area (Å²) >= 11 is 0. The third kappa shape index (κ3) is 2.63. The molecule has 0 atom stereocenters. The highest BCUT2D eigenvalue weighted by molar-refractivity contribution is 5.41. The van der Waals surface area contributed by atoms with Crippen LogP contribution < -0.4 is 4.74 Å². The van der Waals surface area contributed by atoms with E-state index >= 15 is 0 Å². The number of ether oxygens (including phenoxy) is 1. The number of pyridine rings is 1. The van der Waals surface area contributed by atoms with Crippen LogP contribution in [0.15, 0.2) is 58.9 Å². The van der Waals surface area contributed by atoms with Gasteiger partial charge in [0.1, 0.15) is 5.75 Å². The second-order valence-electron chi connectivity index (χ2n) is 3.09. The van der Waals surface area contributed by atoms with Crippen molar-refractivity contribution in [2.45, 2.75) is 0 Å². The number of methoxy groups -OCH3 is 1. The number of hydrogen-bond donors (Lipinski definition) is 0. The molecule has 0 saturated heterocycles. The maximum absolute atomic E-state index is 5.05. The lowest BCUT2D eigenvalue weighted by atomic mass is 10.3. The quantitative estimate of drug-likeness (QED) is 0.732. The van der Waals surface area contributed by atoms with E-state index < -0.39 is 0 Å². The summed E-state index contributed by atoms with van der Waals surface area (Å²) in [6.45, 7) is 0. The molecule has 0 aliphatic carbocycles. The maximum atomic E-state index is 5.05. The molecule has 0 unspecified atom stereocenters. The van der Waals surface area contributed by atoms with Gasteiger partial charge in [0.2, 0.25) is 0 Å². The molecule has 4 heteroatoms. The van der Waals surface area contributed by atoms with Crippen LogP contribution in [0.3, 0.4) is 0 Å². The summed E-state index contributed by atoms with van der Waals surface area (Å²) in [6, 6.07) is 12.9. The van der Waals surface area contributed by atoms with Gasteiger partial charge in [-0.15, -0.1) is 10.2 Å². The lowest BCUT2D eigenvalue weighted by Gasteiger charge is -1.97. The van der Waals surface area contributed by atoms with Gasteiger partial charge in [0, 0.05) is 6.20 Å². The van der Waals surface area contributed by atoms with E-state index in [4.69, 9.17) is 4.74 Å². The second-order valence-corrected chi connectivity index (χ2v) is 3.09. The van der Waals surface area contributed by atoms with Crippen molar-refractivity contribution in [3.8, 4) is 5.75 Å². The monoisotopic (exact) mass is 213 g/mol. The van der Waals surface area contributed by atoms with Crippen molar-refractivity contribution in [1.29, 1.82) is 0 Å². The number of aromatic nitrogens is 1. The predicted molar refractivity (Wildman–Crippen MR) is 61.4 cm³/mol. The van der Waals surface area contributed by atoms with E-state index in [1.165, 1.54) is 0 Å². The van der Waals surface area contributed by atoms with Crippen LogP contribution in [0.5, 0.6) is 5.75 Å². The van der Waals surface area contributed by atoms with E-state index in [-0.39, 0.29) is 0 Å². The van der Waals surface area contributed by atoms with Crippen LogP contribution in [0.2, 0.25) is 0 Å². The molecule has 0 amide bonds. The average Bonchev–Trinajstić information content (AvgIpc) is 2.38. The Bertz CT molecular complexity index is 465. The molecule has 1 aromatic heterocycles. The summed E-state index contributed by atoms with van der Waals surface area (Å²) in [5, 5.41) is 8.06. The predicted octanol–water partition coefficient (Wildman–Crippen LogP) is 3.51. The molecule has 0 fully saturated rings. The summed E-state index contributed by atoms with van der Waals surface area (Å²) in [6.07, 6.45) is 1.68. The molecule has 0 aliphatic rings. The first kappa shape index (κ1) is 10.3. The molecule has 0 radical (unpaired) electrons. The molecule has 0 N–H and O–H groups in total. The van der Waals surface area contributed by atoms with Crippen molar-refractivity contribution in [2.75, 3.05) is 7.11 Å². The van der Waals surface area contributed by atoms with Crippen LogP contribution >= 0.6 is 0 Å². The lowest BCUT2D eigenvalue weighted by molar-refractivity contribution is 0.415. The lowest BCUT2D eigenvalue weighted by Crippen LogP contribution is -1.79. The molecule has 2 rings (SSSR count). The zero-order chi connectivity index (χ0) is 11.2. The molecule has 1 aromatic carbocycles.